The molecule has 0 fully saturated rings. The van der Waals surface area contributed by atoms with E-state index >= 15 is 0 Å². The second-order valence-electron chi connectivity index (χ2n) is 10.9. The summed E-state index contributed by atoms with van der Waals surface area (Å²) in [7, 11) is 0. The standard InChI is InChI=1S/C22H14N4.2C10H8N2.Pt.Ru/c1-2-8-16-14-20-19(13-15(16)7-1)25-21(17-9-3-5-11-23-17)22(26-20)18-10-4-6-12-24-18;2*1-3-7-11-9(5-1)10-6-2-4-8-12-10;;/h1-14H;2*1-8H;;/q;;;2*+2. The molecule has 0 aliphatic carbocycles. The van der Waals surface area contributed by atoms with Crippen molar-refractivity contribution in [3.8, 4) is 45.6 Å². The van der Waals surface area contributed by atoms with E-state index in [1.807, 2.05) is 121 Å². The first-order chi connectivity index (χ1) is 24.8. The average Bonchev–Trinajstić information content (AvgIpc) is 3.22. The number of aromatic nitrogens is 8. The summed E-state index contributed by atoms with van der Waals surface area (Å²) in [6.07, 6.45) is 10.6. The van der Waals surface area contributed by atoms with Crippen molar-refractivity contribution in [3.05, 3.63) is 183 Å². The zero-order chi connectivity index (χ0) is 33.8. The van der Waals surface area contributed by atoms with Gasteiger partial charge in [0.15, 0.2) is 0 Å². The summed E-state index contributed by atoms with van der Waals surface area (Å²) in [5.41, 5.74) is 8.42. The molecule has 252 valence electrons. The predicted octanol–water partition coefficient (Wildman–Crippen LogP) is 9.19. The molecule has 9 rings (SSSR count). The van der Waals surface area contributed by atoms with E-state index in [9.17, 15) is 0 Å². The van der Waals surface area contributed by atoms with Crippen molar-refractivity contribution in [3.63, 3.8) is 0 Å². The quantitative estimate of drug-likeness (QED) is 0.127. The topological polar surface area (TPSA) is 103 Å². The summed E-state index contributed by atoms with van der Waals surface area (Å²) in [5, 5.41) is 2.29. The minimum absolute atomic E-state index is 0. The van der Waals surface area contributed by atoms with Crippen molar-refractivity contribution in [1.29, 1.82) is 0 Å². The number of hydrogen-bond acceptors (Lipinski definition) is 8. The van der Waals surface area contributed by atoms with E-state index in [-0.39, 0.29) is 40.5 Å². The predicted molar refractivity (Wildman–Crippen MR) is 198 cm³/mol. The van der Waals surface area contributed by atoms with Crippen LogP contribution in [-0.4, -0.2) is 39.9 Å². The number of pyridine rings is 6. The largest absolute Gasteiger partial charge is 2.00 e. The van der Waals surface area contributed by atoms with E-state index in [0.717, 1.165) is 67.4 Å². The normalized spacial score (nSPS) is 10.0. The fourth-order valence-electron chi connectivity index (χ4n) is 5.16. The molecule has 2 aromatic carbocycles. The van der Waals surface area contributed by atoms with Gasteiger partial charge >= 0.3 is 40.5 Å². The van der Waals surface area contributed by atoms with Gasteiger partial charge in [-0.1, -0.05) is 60.7 Å². The van der Waals surface area contributed by atoms with Crippen LogP contribution in [0.3, 0.4) is 0 Å². The minimum Gasteiger partial charge on any atom is -0.255 e. The van der Waals surface area contributed by atoms with Crippen molar-refractivity contribution in [2.24, 2.45) is 0 Å². The third-order valence-corrected chi connectivity index (χ3v) is 7.53. The van der Waals surface area contributed by atoms with Gasteiger partial charge in [-0.05, 0) is 95.7 Å². The molecule has 7 aromatic heterocycles. The van der Waals surface area contributed by atoms with E-state index in [1.165, 1.54) is 0 Å². The van der Waals surface area contributed by atoms with Crippen LogP contribution in [0.5, 0.6) is 0 Å². The Morgan fingerprint density at radius 2 is 0.538 bits per heavy atom. The molecule has 0 spiro atoms. The fourth-order valence-corrected chi connectivity index (χ4v) is 5.16. The molecule has 0 radical (unpaired) electrons. The molecule has 10 heteroatoms. The first-order valence-corrected chi connectivity index (χ1v) is 16.0. The Kier molecular flexibility index (Phi) is 13.7. The maximum absolute atomic E-state index is 4.91. The monoisotopic (exact) mass is 943 g/mol. The molecule has 8 nitrogen and oxygen atoms in total. The van der Waals surface area contributed by atoms with Gasteiger partial charge in [-0.3, -0.25) is 29.9 Å². The Bertz CT molecular complexity index is 2160. The summed E-state index contributed by atoms with van der Waals surface area (Å²) in [6.45, 7) is 0. The van der Waals surface area contributed by atoms with Crippen LogP contribution < -0.4 is 0 Å². The Morgan fingerprint density at radius 1 is 0.288 bits per heavy atom. The molecule has 0 bridgehead atoms. The minimum atomic E-state index is 0. The SMILES string of the molecule is [Pt+2].[Ru+2].c1ccc(-c2ccccn2)nc1.c1ccc(-c2ccccn2)nc1.c1ccc(-c2nc3cc4ccccc4cc3nc2-c2ccccn2)nc1. The summed E-state index contributed by atoms with van der Waals surface area (Å²) < 4.78 is 0. The molecule has 0 aliphatic heterocycles. The van der Waals surface area contributed by atoms with Crippen LogP contribution in [0.2, 0.25) is 0 Å². The summed E-state index contributed by atoms with van der Waals surface area (Å²) in [5.74, 6) is 0. The van der Waals surface area contributed by atoms with Crippen LogP contribution in [0.4, 0.5) is 0 Å². The van der Waals surface area contributed by atoms with Gasteiger partial charge in [0, 0.05) is 37.2 Å². The molecule has 0 atom stereocenters. The van der Waals surface area contributed by atoms with Crippen LogP contribution in [0.15, 0.2) is 183 Å². The van der Waals surface area contributed by atoms with Crippen molar-refractivity contribution in [2.75, 3.05) is 0 Å². The molecule has 9 aromatic rings. The molecule has 0 N–H and O–H groups in total. The third kappa shape index (κ3) is 9.52. The van der Waals surface area contributed by atoms with Crippen molar-refractivity contribution in [1.82, 2.24) is 39.9 Å². The smallest absolute Gasteiger partial charge is 0.255 e. The van der Waals surface area contributed by atoms with Gasteiger partial charge in [0.1, 0.15) is 11.4 Å². The van der Waals surface area contributed by atoms with Crippen LogP contribution >= 0.6 is 0 Å². The number of hydrogen-bond donors (Lipinski definition) is 0. The average molecular weight is 943 g/mol. The van der Waals surface area contributed by atoms with Crippen LogP contribution in [0.1, 0.15) is 0 Å². The van der Waals surface area contributed by atoms with Gasteiger partial charge in [-0.2, -0.15) is 0 Å². The summed E-state index contributed by atoms with van der Waals surface area (Å²) in [6, 6.07) is 47.2. The van der Waals surface area contributed by atoms with Crippen molar-refractivity contribution >= 4 is 21.8 Å². The fraction of sp³-hybridized carbons (Fsp3) is 0. The zero-order valence-electron chi connectivity index (χ0n) is 27.6. The van der Waals surface area contributed by atoms with Gasteiger partial charge in [-0.25, -0.2) is 9.97 Å². The second kappa shape index (κ2) is 19.0. The molecule has 0 aliphatic rings. The van der Waals surface area contributed by atoms with Crippen molar-refractivity contribution in [2.45, 2.75) is 0 Å². The van der Waals surface area contributed by atoms with Crippen LogP contribution in [-0.2, 0) is 40.5 Å². The van der Waals surface area contributed by atoms with Crippen molar-refractivity contribution < 1.29 is 40.5 Å². The number of rotatable bonds is 4. The Balaban J connectivity index is 0.000000168. The first-order valence-electron chi connectivity index (χ1n) is 16.0. The molecule has 7 heterocycles. The number of benzene rings is 2. The second-order valence-corrected chi connectivity index (χ2v) is 10.9. The van der Waals surface area contributed by atoms with E-state index in [1.54, 1.807) is 37.2 Å². The van der Waals surface area contributed by atoms with E-state index < -0.39 is 0 Å². The molecule has 52 heavy (non-hydrogen) atoms. The Labute approximate surface area is 328 Å². The molecule has 0 saturated carbocycles. The maximum atomic E-state index is 4.91. The van der Waals surface area contributed by atoms with E-state index in [4.69, 9.17) is 9.97 Å². The molecular weight excluding hydrogens is 913 g/mol. The van der Waals surface area contributed by atoms with Gasteiger partial charge in [0.05, 0.1) is 45.2 Å². The number of nitrogens with zero attached hydrogens (tertiary/aromatic N) is 8. The van der Waals surface area contributed by atoms with Gasteiger partial charge < -0.3 is 0 Å². The van der Waals surface area contributed by atoms with Crippen LogP contribution in [0.25, 0.3) is 67.4 Å². The maximum Gasteiger partial charge on any atom is 2.00 e. The summed E-state index contributed by atoms with van der Waals surface area (Å²) >= 11 is 0. The van der Waals surface area contributed by atoms with E-state index in [2.05, 4.69) is 54.2 Å². The molecule has 0 saturated heterocycles. The van der Waals surface area contributed by atoms with Gasteiger partial charge in [-0.15, -0.1) is 0 Å². The van der Waals surface area contributed by atoms with Gasteiger partial charge in [0.2, 0.25) is 0 Å². The Hall–Kier alpha value is -5.75. The summed E-state index contributed by atoms with van der Waals surface area (Å²) in [4.78, 5) is 35.5. The Morgan fingerprint density at radius 3 is 0.788 bits per heavy atom. The van der Waals surface area contributed by atoms with Crippen LogP contribution in [0, 0.1) is 0 Å². The number of fused-ring (bicyclic) bond motifs is 2. The van der Waals surface area contributed by atoms with E-state index in [0.29, 0.717) is 0 Å². The zero-order valence-corrected chi connectivity index (χ0v) is 31.6. The molecular formula is C42H30N8PtRu+4. The van der Waals surface area contributed by atoms with Gasteiger partial charge in [0.25, 0.3) is 0 Å². The first kappa shape index (κ1) is 37.5. The third-order valence-electron chi connectivity index (χ3n) is 7.53. The molecule has 0 unspecified atom stereocenters. The molecule has 0 amide bonds.